The van der Waals surface area contributed by atoms with Gasteiger partial charge in [-0.25, -0.2) is 0 Å². The number of aryl methyl sites for hydroxylation is 2. The molecule has 0 spiro atoms. The fraction of sp³-hybridized carbons (Fsp3) is 0.294. The molecule has 4 heteroatoms. The Kier molecular flexibility index (Phi) is 4.56. The molecule has 1 atom stereocenters. The van der Waals surface area contributed by atoms with Crippen molar-refractivity contribution < 1.29 is 4.74 Å². The molecule has 0 aliphatic carbocycles. The molecule has 0 bridgehead atoms. The maximum absolute atomic E-state index is 8.96. The largest absolute Gasteiger partial charge is 0.455 e. The van der Waals surface area contributed by atoms with Crippen molar-refractivity contribution in [2.75, 3.05) is 0 Å². The number of benzene rings is 1. The first-order chi connectivity index (χ1) is 10.0. The number of rotatable bonds is 4. The summed E-state index contributed by atoms with van der Waals surface area (Å²) in [6.07, 6.45) is 2.53. The number of nitriles is 1. The van der Waals surface area contributed by atoms with Crippen LogP contribution in [0.5, 0.6) is 11.5 Å². The second-order valence-corrected chi connectivity index (χ2v) is 5.09. The van der Waals surface area contributed by atoms with Crippen LogP contribution in [0.1, 0.15) is 41.8 Å². The van der Waals surface area contributed by atoms with Crippen molar-refractivity contribution in [2.24, 2.45) is 5.73 Å². The lowest BCUT2D eigenvalue weighted by molar-refractivity contribution is 0.471. The first-order valence-electron chi connectivity index (χ1n) is 6.96. The smallest absolute Gasteiger partial charge is 0.145 e. The van der Waals surface area contributed by atoms with E-state index in [1.54, 1.807) is 6.20 Å². The van der Waals surface area contributed by atoms with Crippen LogP contribution in [0.3, 0.4) is 0 Å². The van der Waals surface area contributed by atoms with Gasteiger partial charge in [-0.15, -0.1) is 0 Å². The minimum atomic E-state index is -0.0440. The molecule has 0 saturated heterocycles. The Balaban J connectivity index is 2.25. The highest BCUT2D eigenvalue weighted by molar-refractivity contribution is 5.48. The maximum Gasteiger partial charge on any atom is 0.145 e. The molecule has 1 aromatic carbocycles. The molecular weight excluding hydrogens is 262 g/mol. The van der Waals surface area contributed by atoms with Crippen LogP contribution in [0.2, 0.25) is 0 Å². The van der Waals surface area contributed by atoms with Crippen LogP contribution >= 0.6 is 0 Å². The van der Waals surface area contributed by atoms with E-state index >= 15 is 0 Å². The Morgan fingerprint density at radius 2 is 1.95 bits per heavy atom. The molecule has 0 saturated carbocycles. The van der Waals surface area contributed by atoms with Crippen molar-refractivity contribution in [3.8, 4) is 17.6 Å². The van der Waals surface area contributed by atoms with E-state index in [1.165, 1.54) is 0 Å². The summed E-state index contributed by atoms with van der Waals surface area (Å²) in [6, 6.07) is 9.49. The Morgan fingerprint density at radius 3 is 2.43 bits per heavy atom. The number of hydrogen-bond donors (Lipinski definition) is 1. The van der Waals surface area contributed by atoms with Gasteiger partial charge in [-0.2, -0.15) is 5.26 Å². The predicted octanol–water partition coefficient (Wildman–Crippen LogP) is 3.77. The molecule has 21 heavy (non-hydrogen) atoms. The van der Waals surface area contributed by atoms with Crippen LogP contribution in [0.25, 0.3) is 0 Å². The van der Waals surface area contributed by atoms with Crippen LogP contribution in [-0.2, 0) is 0 Å². The molecule has 0 aliphatic heterocycles. The van der Waals surface area contributed by atoms with E-state index < -0.39 is 0 Å². The van der Waals surface area contributed by atoms with Gasteiger partial charge in [0.25, 0.3) is 0 Å². The number of hydrogen-bond acceptors (Lipinski definition) is 4. The second-order valence-electron chi connectivity index (χ2n) is 5.09. The third kappa shape index (κ3) is 3.39. The molecule has 1 aromatic heterocycles. The molecule has 0 aliphatic rings. The van der Waals surface area contributed by atoms with E-state index in [4.69, 9.17) is 15.7 Å². The standard InChI is InChI=1S/C17H19N3O/c1-4-15(19)16-6-5-14(10-20-16)21-17-11(2)7-13(9-18)8-12(17)3/h5-8,10,15H,4,19H2,1-3H3. The fourth-order valence-corrected chi connectivity index (χ4v) is 2.17. The molecule has 0 amide bonds. The van der Waals surface area contributed by atoms with Crippen LogP contribution in [-0.4, -0.2) is 4.98 Å². The van der Waals surface area contributed by atoms with Crippen molar-refractivity contribution in [1.29, 1.82) is 5.26 Å². The summed E-state index contributed by atoms with van der Waals surface area (Å²) < 4.78 is 5.90. The van der Waals surface area contributed by atoms with Gasteiger partial charge in [0.2, 0.25) is 0 Å². The Morgan fingerprint density at radius 1 is 1.29 bits per heavy atom. The molecule has 108 valence electrons. The minimum absolute atomic E-state index is 0.0440. The lowest BCUT2D eigenvalue weighted by Crippen LogP contribution is -2.10. The van der Waals surface area contributed by atoms with Crippen LogP contribution in [0, 0.1) is 25.2 Å². The number of aromatic nitrogens is 1. The minimum Gasteiger partial charge on any atom is -0.455 e. The predicted molar refractivity (Wildman–Crippen MR) is 82.2 cm³/mol. The maximum atomic E-state index is 8.96. The molecule has 0 radical (unpaired) electrons. The first kappa shape index (κ1) is 15.0. The van der Waals surface area contributed by atoms with E-state index in [0.29, 0.717) is 11.3 Å². The van der Waals surface area contributed by atoms with Crippen molar-refractivity contribution in [3.05, 3.63) is 52.8 Å². The van der Waals surface area contributed by atoms with Gasteiger partial charge < -0.3 is 10.5 Å². The molecule has 2 N–H and O–H groups in total. The van der Waals surface area contributed by atoms with Crippen molar-refractivity contribution in [3.63, 3.8) is 0 Å². The third-order valence-electron chi connectivity index (χ3n) is 3.39. The average Bonchev–Trinajstić information content (AvgIpc) is 2.50. The van der Waals surface area contributed by atoms with Crippen molar-refractivity contribution in [1.82, 2.24) is 4.98 Å². The molecule has 1 heterocycles. The third-order valence-corrected chi connectivity index (χ3v) is 3.39. The summed E-state index contributed by atoms with van der Waals surface area (Å²) in [5.41, 5.74) is 9.30. The van der Waals surface area contributed by atoms with Gasteiger partial charge in [0.1, 0.15) is 11.5 Å². The van der Waals surface area contributed by atoms with Gasteiger partial charge in [0.15, 0.2) is 0 Å². The van der Waals surface area contributed by atoms with E-state index in [-0.39, 0.29) is 6.04 Å². The summed E-state index contributed by atoms with van der Waals surface area (Å²) in [4.78, 5) is 4.34. The lowest BCUT2D eigenvalue weighted by atomic mass is 10.1. The highest BCUT2D eigenvalue weighted by Gasteiger charge is 2.09. The van der Waals surface area contributed by atoms with Gasteiger partial charge in [-0.3, -0.25) is 4.98 Å². The molecule has 2 aromatic rings. The quantitative estimate of drug-likeness (QED) is 0.925. The zero-order valence-electron chi connectivity index (χ0n) is 12.6. The molecule has 2 rings (SSSR count). The number of ether oxygens (including phenoxy) is 1. The summed E-state index contributed by atoms with van der Waals surface area (Å²) in [5.74, 6) is 1.43. The van der Waals surface area contributed by atoms with Crippen molar-refractivity contribution >= 4 is 0 Å². The van der Waals surface area contributed by atoms with Gasteiger partial charge in [0, 0.05) is 6.04 Å². The van der Waals surface area contributed by atoms with E-state index in [9.17, 15) is 0 Å². The number of pyridine rings is 1. The second kappa shape index (κ2) is 6.38. The first-order valence-corrected chi connectivity index (χ1v) is 6.96. The summed E-state index contributed by atoms with van der Waals surface area (Å²) >= 11 is 0. The van der Waals surface area contributed by atoms with Gasteiger partial charge in [-0.1, -0.05) is 6.92 Å². The fourth-order valence-electron chi connectivity index (χ4n) is 2.17. The summed E-state index contributed by atoms with van der Waals surface area (Å²) in [7, 11) is 0. The highest BCUT2D eigenvalue weighted by Crippen LogP contribution is 2.29. The van der Waals surface area contributed by atoms with Gasteiger partial charge >= 0.3 is 0 Å². The average molecular weight is 281 g/mol. The molecule has 0 fully saturated rings. The SMILES string of the molecule is CCC(N)c1ccc(Oc2c(C)cc(C#N)cc2C)cn1. The zero-order chi connectivity index (χ0) is 15.4. The number of nitrogens with two attached hydrogens (primary N) is 1. The molecule has 1 unspecified atom stereocenters. The summed E-state index contributed by atoms with van der Waals surface area (Å²) in [5, 5.41) is 8.96. The van der Waals surface area contributed by atoms with Gasteiger partial charge in [-0.05, 0) is 55.7 Å². The normalized spacial score (nSPS) is 11.8. The zero-order valence-corrected chi connectivity index (χ0v) is 12.6. The highest BCUT2D eigenvalue weighted by atomic mass is 16.5. The monoisotopic (exact) mass is 281 g/mol. The van der Waals surface area contributed by atoms with E-state index in [2.05, 4.69) is 11.1 Å². The topological polar surface area (TPSA) is 71.9 Å². The van der Waals surface area contributed by atoms with Crippen LogP contribution in [0.4, 0.5) is 0 Å². The molecule has 4 nitrogen and oxygen atoms in total. The Bertz CT molecular complexity index is 648. The van der Waals surface area contributed by atoms with E-state index in [1.807, 2.05) is 45.0 Å². The summed E-state index contributed by atoms with van der Waals surface area (Å²) in [6.45, 7) is 5.89. The Labute approximate surface area is 125 Å². The molecular formula is C17H19N3O. The lowest BCUT2D eigenvalue weighted by Gasteiger charge is -2.13. The van der Waals surface area contributed by atoms with Crippen molar-refractivity contribution in [2.45, 2.75) is 33.2 Å². The van der Waals surface area contributed by atoms with E-state index in [0.717, 1.165) is 29.0 Å². The van der Waals surface area contributed by atoms with Crippen LogP contribution in [0.15, 0.2) is 30.5 Å². The Hall–Kier alpha value is -2.38. The van der Waals surface area contributed by atoms with Crippen LogP contribution < -0.4 is 10.5 Å². The van der Waals surface area contributed by atoms with Gasteiger partial charge in [0.05, 0.1) is 23.5 Å². The number of nitrogens with zero attached hydrogens (tertiary/aromatic N) is 2.